The van der Waals surface area contributed by atoms with Gasteiger partial charge in [0.15, 0.2) is 6.29 Å². The van der Waals surface area contributed by atoms with Gasteiger partial charge in [-0.3, -0.25) is 9.35 Å². The van der Waals surface area contributed by atoms with E-state index in [-0.39, 0.29) is 18.9 Å². The van der Waals surface area contributed by atoms with E-state index in [0.29, 0.717) is 6.42 Å². The Morgan fingerprint density at radius 3 is 1.40 bits per heavy atom. The van der Waals surface area contributed by atoms with Crippen molar-refractivity contribution >= 4 is 16.3 Å². The number of nitrogens with one attached hydrogen (secondary N) is 1. The highest BCUT2D eigenvalue weighted by molar-refractivity contribution is 7.80. The first-order valence-electron chi connectivity index (χ1n) is 25.6. The second-order valence-corrected chi connectivity index (χ2v) is 19.2. The van der Waals surface area contributed by atoms with E-state index in [4.69, 9.17) is 9.47 Å². The monoisotopic (exact) mass is 906 g/mol. The van der Waals surface area contributed by atoms with E-state index in [1.807, 2.05) is 6.08 Å². The topological polar surface area (TPSA) is 192 Å². The van der Waals surface area contributed by atoms with Crippen molar-refractivity contribution in [3.05, 3.63) is 12.2 Å². The largest absolute Gasteiger partial charge is 0.397 e. The highest BCUT2D eigenvalue weighted by Crippen LogP contribution is 2.26. The molecule has 1 aliphatic heterocycles. The van der Waals surface area contributed by atoms with Gasteiger partial charge in [0.25, 0.3) is 0 Å². The van der Waals surface area contributed by atoms with Crippen molar-refractivity contribution < 1.29 is 51.8 Å². The first-order chi connectivity index (χ1) is 30.0. The second kappa shape index (κ2) is 40.1. The molecule has 0 aromatic rings. The zero-order chi connectivity index (χ0) is 45.5. The normalized spacial score (nSPS) is 20.5. The predicted molar refractivity (Wildman–Crippen MR) is 250 cm³/mol. The van der Waals surface area contributed by atoms with Crippen LogP contribution in [0.15, 0.2) is 12.2 Å². The molecule has 0 aromatic heterocycles. The molecule has 62 heavy (non-hydrogen) atoms. The molecule has 0 spiro atoms. The van der Waals surface area contributed by atoms with Gasteiger partial charge in [-0.1, -0.05) is 225 Å². The summed E-state index contributed by atoms with van der Waals surface area (Å²) in [5.41, 5.74) is 0. The quantitative estimate of drug-likeness (QED) is 0.0194. The molecule has 13 heteroatoms. The van der Waals surface area contributed by atoms with Crippen LogP contribution >= 0.6 is 0 Å². The van der Waals surface area contributed by atoms with Crippen LogP contribution < -0.4 is 5.32 Å². The fourth-order valence-corrected chi connectivity index (χ4v) is 8.85. The third-order valence-electron chi connectivity index (χ3n) is 12.3. The molecule has 7 unspecified atom stereocenters. The third kappa shape index (κ3) is 32.5. The van der Waals surface area contributed by atoms with Gasteiger partial charge in [-0.2, -0.15) is 8.42 Å². The van der Waals surface area contributed by atoms with Crippen molar-refractivity contribution in [2.45, 2.75) is 281 Å². The van der Waals surface area contributed by atoms with E-state index in [1.165, 1.54) is 173 Å². The van der Waals surface area contributed by atoms with Gasteiger partial charge in [0, 0.05) is 6.42 Å². The Morgan fingerprint density at radius 1 is 0.629 bits per heavy atom. The molecule has 6 N–H and O–H groups in total. The molecule has 0 bridgehead atoms. The molecule has 1 aliphatic rings. The molecule has 0 aromatic carbocycles. The van der Waals surface area contributed by atoms with Gasteiger partial charge in [0.1, 0.15) is 24.4 Å². The smallest absolute Gasteiger partial charge is 0.394 e. The van der Waals surface area contributed by atoms with E-state index in [0.717, 1.165) is 38.5 Å². The zero-order valence-electron chi connectivity index (χ0n) is 39.5. The summed E-state index contributed by atoms with van der Waals surface area (Å²) in [5, 5.41) is 44.8. The maximum Gasteiger partial charge on any atom is 0.397 e. The fraction of sp³-hybridized carbons (Fsp3) is 0.939. The first kappa shape index (κ1) is 58.9. The van der Waals surface area contributed by atoms with E-state index in [9.17, 15) is 38.2 Å². The average molecular weight is 906 g/mol. The molecular formula is C49H95NO11S. The number of aliphatic hydroxyl groups is 4. The van der Waals surface area contributed by atoms with Crippen LogP contribution in [0.3, 0.4) is 0 Å². The number of allylic oxidation sites excluding steroid dienone is 1. The minimum Gasteiger partial charge on any atom is -0.394 e. The van der Waals surface area contributed by atoms with Crippen LogP contribution in [0.5, 0.6) is 0 Å². The molecule has 0 aliphatic carbocycles. The number of hydrogen-bond acceptors (Lipinski definition) is 10. The summed E-state index contributed by atoms with van der Waals surface area (Å²) >= 11 is 0. The summed E-state index contributed by atoms with van der Waals surface area (Å²) in [7, 11) is -5.08. The number of aliphatic hydroxyl groups excluding tert-OH is 4. The number of carbonyl (C=O) groups is 1. The zero-order valence-corrected chi connectivity index (χ0v) is 40.3. The van der Waals surface area contributed by atoms with Crippen LogP contribution in [0.2, 0.25) is 0 Å². The van der Waals surface area contributed by atoms with Crippen molar-refractivity contribution in [1.82, 2.24) is 5.32 Å². The summed E-state index contributed by atoms with van der Waals surface area (Å²) in [6.45, 7) is 3.41. The van der Waals surface area contributed by atoms with Crippen LogP contribution in [0.25, 0.3) is 0 Å². The van der Waals surface area contributed by atoms with Gasteiger partial charge in [0.05, 0.1) is 25.4 Å². The number of carbonyl (C=O) groups excluding carboxylic acids is 1. The van der Waals surface area contributed by atoms with Crippen LogP contribution in [-0.2, 0) is 28.9 Å². The Morgan fingerprint density at radius 2 is 1.02 bits per heavy atom. The Bertz CT molecular complexity index is 1160. The number of amides is 1. The SMILES string of the molecule is CCCCCCCCCCCCCCCCCCCC/C=C/C(O)C(COC1OC(CO)C(O)C(OS(=O)(=O)O)C1O)NC(=O)CCCCCCCCCCCCCCCCC. The van der Waals surface area contributed by atoms with E-state index in [2.05, 4.69) is 23.3 Å². The van der Waals surface area contributed by atoms with Gasteiger partial charge in [-0.15, -0.1) is 0 Å². The molecule has 1 fully saturated rings. The molecule has 7 atom stereocenters. The number of unbranched alkanes of at least 4 members (excludes halogenated alkanes) is 32. The predicted octanol–water partition coefficient (Wildman–Crippen LogP) is 10.7. The lowest BCUT2D eigenvalue weighted by atomic mass is 9.99. The summed E-state index contributed by atoms with van der Waals surface area (Å²) in [6.07, 6.45) is 36.7. The summed E-state index contributed by atoms with van der Waals surface area (Å²) in [5.74, 6) is -0.259. The van der Waals surface area contributed by atoms with Crippen molar-refractivity contribution in [2.75, 3.05) is 13.2 Å². The van der Waals surface area contributed by atoms with Gasteiger partial charge >= 0.3 is 10.4 Å². The molecule has 0 radical (unpaired) electrons. The summed E-state index contributed by atoms with van der Waals surface area (Å²) in [4.78, 5) is 13.1. The Kier molecular flexibility index (Phi) is 38.1. The van der Waals surface area contributed by atoms with Crippen molar-refractivity contribution in [3.63, 3.8) is 0 Å². The highest BCUT2D eigenvalue weighted by atomic mass is 32.3. The average Bonchev–Trinajstić information content (AvgIpc) is 3.24. The Labute approximate surface area is 379 Å². The minimum atomic E-state index is -5.08. The van der Waals surface area contributed by atoms with E-state index < -0.39 is 59.9 Å². The third-order valence-corrected chi connectivity index (χ3v) is 12.8. The Hall–Kier alpha value is -1.16. The summed E-state index contributed by atoms with van der Waals surface area (Å²) in [6, 6.07) is -0.938. The van der Waals surface area contributed by atoms with E-state index in [1.54, 1.807) is 6.08 Å². The van der Waals surface area contributed by atoms with Gasteiger partial charge < -0.3 is 35.2 Å². The number of ether oxygens (including phenoxy) is 2. The van der Waals surface area contributed by atoms with E-state index >= 15 is 0 Å². The van der Waals surface area contributed by atoms with Gasteiger partial charge in [-0.25, -0.2) is 4.18 Å². The molecule has 0 saturated carbocycles. The molecule has 1 amide bonds. The maximum absolute atomic E-state index is 13.1. The van der Waals surface area contributed by atoms with Crippen LogP contribution in [0, 0.1) is 0 Å². The number of rotatable bonds is 44. The highest BCUT2D eigenvalue weighted by Gasteiger charge is 2.48. The molecule has 12 nitrogen and oxygen atoms in total. The fourth-order valence-electron chi connectivity index (χ4n) is 8.34. The van der Waals surface area contributed by atoms with Crippen molar-refractivity contribution in [3.8, 4) is 0 Å². The molecule has 368 valence electrons. The standard InChI is InChI=1S/C49H95NO11S/c1-3-5-7-9-11-13-15-17-19-20-21-22-23-25-26-28-30-32-34-36-38-43(52)42(41-59-49-47(55)48(61-62(56,57)58)46(54)44(40-51)60-49)50-45(53)39-37-35-33-31-29-27-24-18-16-14-12-10-8-6-4-2/h36,38,42-44,46-49,51-52,54-55H,3-35,37,39-41H2,1-2H3,(H,50,53)(H,56,57,58)/b38-36+. The van der Waals surface area contributed by atoms with Crippen LogP contribution in [-0.4, -0.2) is 95.4 Å². The minimum absolute atomic E-state index is 0.259. The summed E-state index contributed by atoms with van der Waals surface area (Å²) < 4.78 is 47.7. The first-order valence-corrected chi connectivity index (χ1v) is 26.9. The molecular weight excluding hydrogens is 811 g/mol. The Balaban J connectivity index is 2.45. The van der Waals surface area contributed by atoms with Crippen LogP contribution in [0.1, 0.15) is 239 Å². The van der Waals surface area contributed by atoms with Crippen LogP contribution in [0.4, 0.5) is 0 Å². The molecule has 1 saturated heterocycles. The van der Waals surface area contributed by atoms with Gasteiger partial charge in [0.2, 0.25) is 5.91 Å². The number of hydrogen-bond donors (Lipinski definition) is 6. The molecule has 1 heterocycles. The molecule has 1 rings (SSSR count). The van der Waals surface area contributed by atoms with Crippen molar-refractivity contribution in [1.29, 1.82) is 0 Å². The lowest BCUT2D eigenvalue weighted by Gasteiger charge is -2.41. The second-order valence-electron chi connectivity index (χ2n) is 18.1. The lowest BCUT2D eigenvalue weighted by molar-refractivity contribution is -0.298. The lowest BCUT2D eigenvalue weighted by Crippen LogP contribution is -2.61. The maximum atomic E-state index is 13.1. The van der Waals surface area contributed by atoms with Crippen molar-refractivity contribution in [2.24, 2.45) is 0 Å². The van der Waals surface area contributed by atoms with Gasteiger partial charge in [-0.05, 0) is 19.3 Å².